The van der Waals surface area contributed by atoms with E-state index in [4.69, 9.17) is 5.11 Å². The van der Waals surface area contributed by atoms with Gasteiger partial charge in [-0.1, -0.05) is 38.2 Å². The Morgan fingerprint density at radius 3 is 2.33 bits per heavy atom. The van der Waals surface area contributed by atoms with Crippen molar-refractivity contribution in [2.45, 2.75) is 62.5 Å². The molecule has 1 aliphatic carbocycles. The molecule has 0 atom stereocenters. The molecule has 1 fully saturated rings. The lowest BCUT2D eigenvalue weighted by molar-refractivity contribution is 0.281. The van der Waals surface area contributed by atoms with E-state index in [0.29, 0.717) is 10.0 Å². The molecule has 0 bridgehead atoms. The predicted octanol–water partition coefficient (Wildman–Crippen LogP) is 3.33. The smallest absolute Gasteiger partial charge is 0.241 e. The largest absolute Gasteiger partial charge is 0.392 e. The Labute approximate surface area is 135 Å². The van der Waals surface area contributed by atoms with Crippen molar-refractivity contribution < 1.29 is 13.5 Å². The van der Waals surface area contributed by atoms with Crippen LogP contribution < -0.4 is 4.72 Å². The monoisotopic (exact) mass is 375 g/mol. The van der Waals surface area contributed by atoms with E-state index in [1.54, 1.807) is 18.2 Å². The zero-order valence-electron chi connectivity index (χ0n) is 12.0. The first-order chi connectivity index (χ1) is 10.0. The van der Waals surface area contributed by atoms with Crippen LogP contribution in [0, 0.1) is 0 Å². The Bertz CT molecular complexity index is 566. The van der Waals surface area contributed by atoms with Crippen molar-refractivity contribution in [2.24, 2.45) is 0 Å². The minimum Gasteiger partial charge on any atom is -0.392 e. The first-order valence-electron chi connectivity index (χ1n) is 7.44. The molecular formula is C15H22BrNO3S. The standard InChI is InChI=1S/C15H22BrNO3S/c16-14-10-12(11-18)8-9-15(14)21(19,20)17-13-6-4-2-1-3-5-7-13/h8-10,13,17-18H,1-7,11H2. The molecule has 0 saturated heterocycles. The van der Waals surface area contributed by atoms with E-state index in [1.807, 2.05) is 0 Å². The fourth-order valence-corrected chi connectivity index (χ4v) is 5.15. The Balaban J connectivity index is 2.13. The van der Waals surface area contributed by atoms with Crippen molar-refractivity contribution in [1.29, 1.82) is 0 Å². The second-order valence-corrected chi connectivity index (χ2v) is 8.12. The molecule has 1 saturated carbocycles. The fourth-order valence-electron chi connectivity index (χ4n) is 2.72. The third-order valence-corrected chi connectivity index (χ3v) is 6.39. The summed E-state index contributed by atoms with van der Waals surface area (Å²) in [4.78, 5) is 0.238. The Hall–Kier alpha value is -0.430. The summed E-state index contributed by atoms with van der Waals surface area (Å²) in [7, 11) is -3.52. The van der Waals surface area contributed by atoms with Crippen LogP contribution >= 0.6 is 15.9 Å². The van der Waals surface area contributed by atoms with Gasteiger partial charge in [0.15, 0.2) is 0 Å². The van der Waals surface area contributed by atoms with Gasteiger partial charge in [0.1, 0.15) is 0 Å². The highest BCUT2D eigenvalue weighted by Crippen LogP contribution is 2.25. The Morgan fingerprint density at radius 1 is 1.14 bits per heavy atom. The molecule has 4 nitrogen and oxygen atoms in total. The van der Waals surface area contributed by atoms with Crippen LogP contribution in [0.1, 0.15) is 50.5 Å². The highest BCUT2D eigenvalue weighted by molar-refractivity contribution is 9.10. The highest BCUT2D eigenvalue weighted by Gasteiger charge is 2.22. The first kappa shape index (κ1) is 16.9. The maximum atomic E-state index is 12.5. The molecule has 0 aromatic heterocycles. The molecule has 0 unspecified atom stereocenters. The van der Waals surface area contributed by atoms with E-state index >= 15 is 0 Å². The number of hydrogen-bond acceptors (Lipinski definition) is 3. The summed E-state index contributed by atoms with van der Waals surface area (Å²) in [5.74, 6) is 0. The van der Waals surface area contributed by atoms with Gasteiger partial charge >= 0.3 is 0 Å². The van der Waals surface area contributed by atoms with Crippen molar-refractivity contribution in [2.75, 3.05) is 0 Å². The summed E-state index contributed by atoms with van der Waals surface area (Å²) >= 11 is 3.29. The molecule has 1 aromatic carbocycles. The molecule has 0 heterocycles. The summed E-state index contributed by atoms with van der Waals surface area (Å²) in [6.07, 6.45) is 7.61. The number of halogens is 1. The van der Waals surface area contributed by atoms with Gasteiger partial charge in [0.25, 0.3) is 0 Å². The molecular weight excluding hydrogens is 354 g/mol. The van der Waals surface area contributed by atoms with Gasteiger partial charge in [-0.15, -0.1) is 0 Å². The lowest BCUT2D eigenvalue weighted by Gasteiger charge is -2.21. The number of aliphatic hydroxyl groups is 1. The van der Waals surface area contributed by atoms with E-state index in [9.17, 15) is 8.42 Å². The van der Waals surface area contributed by atoms with Crippen LogP contribution in [0.3, 0.4) is 0 Å². The van der Waals surface area contributed by atoms with Gasteiger partial charge in [-0.25, -0.2) is 13.1 Å². The van der Waals surface area contributed by atoms with Gasteiger partial charge in [0.2, 0.25) is 10.0 Å². The molecule has 6 heteroatoms. The van der Waals surface area contributed by atoms with E-state index in [0.717, 1.165) is 25.7 Å². The number of rotatable bonds is 4. The fraction of sp³-hybridized carbons (Fsp3) is 0.600. The number of aliphatic hydroxyl groups excluding tert-OH is 1. The third kappa shape index (κ3) is 4.77. The molecule has 0 spiro atoms. The molecule has 0 aliphatic heterocycles. The van der Waals surface area contributed by atoms with Crippen LogP contribution in [0.25, 0.3) is 0 Å². The van der Waals surface area contributed by atoms with Crippen LogP contribution in [-0.4, -0.2) is 19.6 Å². The normalized spacial score (nSPS) is 18.2. The van der Waals surface area contributed by atoms with E-state index < -0.39 is 10.0 Å². The zero-order valence-corrected chi connectivity index (χ0v) is 14.4. The van der Waals surface area contributed by atoms with Crippen LogP contribution in [0.2, 0.25) is 0 Å². The molecule has 21 heavy (non-hydrogen) atoms. The predicted molar refractivity (Wildman–Crippen MR) is 86.5 cm³/mol. The Morgan fingerprint density at radius 2 is 1.76 bits per heavy atom. The highest BCUT2D eigenvalue weighted by atomic mass is 79.9. The molecule has 2 rings (SSSR count). The average Bonchev–Trinajstić information content (AvgIpc) is 2.41. The minimum absolute atomic E-state index is 0.0275. The SMILES string of the molecule is O=S(=O)(NC1CCCCCCC1)c1ccc(CO)cc1Br. The molecule has 0 amide bonds. The minimum atomic E-state index is -3.52. The molecule has 118 valence electrons. The summed E-state index contributed by atoms with van der Waals surface area (Å²) in [6, 6.07) is 4.85. The van der Waals surface area contributed by atoms with Crippen LogP contribution in [0.4, 0.5) is 0 Å². The first-order valence-corrected chi connectivity index (χ1v) is 9.72. The second-order valence-electron chi connectivity index (χ2n) is 5.59. The molecule has 0 radical (unpaired) electrons. The van der Waals surface area contributed by atoms with Crippen molar-refractivity contribution in [3.63, 3.8) is 0 Å². The quantitative estimate of drug-likeness (QED) is 0.847. The van der Waals surface area contributed by atoms with E-state index in [2.05, 4.69) is 20.7 Å². The van der Waals surface area contributed by atoms with Crippen molar-refractivity contribution >= 4 is 26.0 Å². The van der Waals surface area contributed by atoms with Gasteiger partial charge in [-0.2, -0.15) is 0 Å². The molecule has 1 aliphatic rings. The van der Waals surface area contributed by atoms with Gasteiger partial charge < -0.3 is 5.11 Å². The van der Waals surface area contributed by atoms with Gasteiger partial charge in [0.05, 0.1) is 11.5 Å². The number of sulfonamides is 1. The second kappa shape index (κ2) is 7.72. The van der Waals surface area contributed by atoms with Gasteiger partial charge in [-0.05, 0) is 46.5 Å². The topological polar surface area (TPSA) is 66.4 Å². The summed E-state index contributed by atoms with van der Waals surface area (Å²) in [6.45, 7) is -0.102. The number of hydrogen-bond donors (Lipinski definition) is 2. The van der Waals surface area contributed by atoms with Crippen molar-refractivity contribution in [1.82, 2.24) is 4.72 Å². The Kier molecular flexibility index (Phi) is 6.22. The van der Waals surface area contributed by atoms with Gasteiger partial charge in [0, 0.05) is 10.5 Å². The van der Waals surface area contributed by atoms with E-state index in [-0.39, 0.29) is 17.5 Å². The number of nitrogens with one attached hydrogen (secondary N) is 1. The van der Waals surface area contributed by atoms with Gasteiger partial charge in [-0.3, -0.25) is 0 Å². The van der Waals surface area contributed by atoms with Crippen molar-refractivity contribution in [3.05, 3.63) is 28.2 Å². The molecule has 1 aromatic rings. The zero-order chi connectivity index (χ0) is 15.3. The van der Waals surface area contributed by atoms with E-state index in [1.165, 1.54) is 19.3 Å². The summed E-state index contributed by atoms with van der Waals surface area (Å²) in [5.41, 5.74) is 0.687. The lowest BCUT2D eigenvalue weighted by Crippen LogP contribution is -2.35. The van der Waals surface area contributed by atoms with Crippen LogP contribution in [-0.2, 0) is 16.6 Å². The summed E-state index contributed by atoms with van der Waals surface area (Å²) in [5, 5.41) is 9.09. The third-order valence-electron chi connectivity index (χ3n) is 3.90. The molecule has 2 N–H and O–H groups in total. The lowest BCUT2D eigenvalue weighted by atomic mass is 9.97. The summed E-state index contributed by atoms with van der Waals surface area (Å²) < 4.78 is 28.4. The maximum Gasteiger partial charge on any atom is 0.241 e. The number of benzene rings is 1. The van der Waals surface area contributed by atoms with Crippen LogP contribution in [0.15, 0.2) is 27.6 Å². The average molecular weight is 376 g/mol. The van der Waals surface area contributed by atoms with Crippen LogP contribution in [0.5, 0.6) is 0 Å². The van der Waals surface area contributed by atoms with Crippen molar-refractivity contribution in [3.8, 4) is 0 Å². The maximum absolute atomic E-state index is 12.5.